The van der Waals surface area contributed by atoms with Gasteiger partial charge in [0, 0.05) is 31.7 Å². The number of urea groups is 1. The van der Waals surface area contributed by atoms with E-state index in [0.29, 0.717) is 12.1 Å². The van der Waals surface area contributed by atoms with Crippen LogP contribution in [-0.2, 0) is 0 Å². The van der Waals surface area contributed by atoms with Gasteiger partial charge in [-0.3, -0.25) is 0 Å². The first-order valence-electron chi connectivity index (χ1n) is 6.55. The molecule has 92 valence electrons. The van der Waals surface area contributed by atoms with Gasteiger partial charge in [0.05, 0.1) is 0 Å². The molecule has 2 amide bonds. The Morgan fingerprint density at radius 3 is 2.75 bits per heavy atom. The Hall–Kier alpha value is -0.770. The van der Waals surface area contributed by atoms with Crippen LogP contribution < -0.4 is 10.6 Å². The number of hydrogen-bond donors (Lipinski definition) is 2. The molecular weight excluding hydrogens is 202 g/mol. The lowest BCUT2D eigenvalue weighted by Gasteiger charge is -2.35. The molecule has 0 radical (unpaired) electrons. The van der Waals surface area contributed by atoms with Crippen molar-refractivity contribution in [1.29, 1.82) is 0 Å². The minimum absolute atomic E-state index is 0.140. The van der Waals surface area contributed by atoms with Gasteiger partial charge in [-0.2, -0.15) is 0 Å². The Balaban J connectivity index is 1.81. The molecule has 0 unspecified atom stereocenters. The summed E-state index contributed by atoms with van der Waals surface area (Å²) in [5.74, 6) is 0. The fourth-order valence-electron chi connectivity index (χ4n) is 2.65. The number of piperazine rings is 1. The molecule has 0 spiro atoms. The van der Waals surface area contributed by atoms with Crippen LogP contribution >= 0.6 is 0 Å². The van der Waals surface area contributed by atoms with Crippen LogP contribution in [0.15, 0.2) is 0 Å². The summed E-state index contributed by atoms with van der Waals surface area (Å²) >= 11 is 0. The number of carbonyl (C=O) groups is 1. The van der Waals surface area contributed by atoms with Crippen LogP contribution in [0.4, 0.5) is 4.79 Å². The first-order valence-corrected chi connectivity index (χ1v) is 6.55. The monoisotopic (exact) mass is 225 g/mol. The molecule has 1 aliphatic carbocycles. The molecule has 4 heteroatoms. The van der Waals surface area contributed by atoms with Crippen molar-refractivity contribution >= 4 is 6.03 Å². The Morgan fingerprint density at radius 1 is 1.31 bits per heavy atom. The summed E-state index contributed by atoms with van der Waals surface area (Å²) < 4.78 is 0. The number of amides is 2. The van der Waals surface area contributed by atoms with E-state index in [1.807, 2.05) is 4.90 Å². The summed E-state index contributed by atoms with van der Waals surface area (Å²) in [5.41, 5.74) is 0. The average molecular weight is 225 g/mol. The second-order valence-corrected chi connectivity index (χ2v) is 5.03. The predicted molar refractivity (Wildman–Crippen MR) is 64.4 cm³/mol. The highest BCUT2D eigenvalue weighted by Gasteiger charge is 2.25. The van der Waals surface area contributed by atoms with Crippen LogP contribution in [0.3, 0.4) is 0 Å². The van der Waals surface area contributed by atoms with Crippen LogP contribution in [-0.4, -0.2) is 42.6 Å². The third kappa shape index (κ3) is 2.88. The molecule has 2 rings (SSSR count). The minimum Gasteiger partial charge on any atom is -0.335 e. The van der Waals surface area contributed by atoms with Crippen LogP contribution in [0.1, 0.15) is 39.0 Å². The van der Waals surface area contributed by atoms with Crippen molar-refractivity contribution in [3.8, 4) is 0 Å². The molecule has 1 saturated carbocycles. The number of rotatable bonds is 1. The molecule has 1 saturated heterocycles. The van der Waals surface area contributed by atoms with E-state index in [9.17, 15) is 4.79 Å². The van der Waals surface area contributed by atoms with E-state index in [0.717, 1.165) is 32.5 Å². The van der Waals surface area contributed by atoms with E-state index < -0.39 is 0 Å². The zero-order valence-corrected chi connectivity index (χ0v) is 10.2. The molecular formula is C12H23N3O. The molecule has 1 heterocycles. The summed E-state index contributed by atoms with van der Waals surface area (Å²) in [6.07, 6.45) is 6.18. The van der Waals surface area contributed by atoms with Gasteiger partial charge in [-0.05, 0) is 19.8 Å². The third-order valence-corrected chi connectivity index (χ3v) is 3.69. The van der Waals surface area contributed by atoms with Crippen LogP contribution in [0.25, 0.3) is 0 Å². The normalized spacial score (nSPS) is 27.8. The molecule has 0 aromatic carbocycles. The number of nitrogens with one attached hydrogen (secondary N) is 2. The van der Waals surface area contributed by atoms with Crippen molar-refractivity contribution in [2.24, 2.45) is 0 Å². The molecule has 2 fully saturated rings. The first kappa shape index (κ1) is 11.7. The molecule has 2 aliphatic rings. The Bertz CT molecular complexity index is 238. The third-order valence-electron chi connectivity index (χ3n) is 3.69. The zero-order valence-electron chi connectivity index (χ0n) is 10.2. The van der Waals surface area contributed by atoms with Gasteiger partial charge in [-0.15, -0.1) is 0 Å². The highest BCUT2D eigenvalue weighted by molar-refractivity contribution is 5.75. The van der Waals surface area contributed by atoms with Crippen molar-refractivity contribution in [3.63, 3.8) is 0 Å². The largest absolute Gasteiger partial charge is 0.335 e. The molecule has 0 bridgehead atoms. The van der Waals surface area contributed by atoms with Crippen molar-refractivity contribution in [2.45, 2.75) is 51.1 Å². The van der Waals surface area contributed by atoms with E-state index in [-0.39, 0.29) is 6.03 Å². The van der Waals surface area contributed by atoms with Crippen molar-refractivity contribution in [3.05, 3.63) is 0 Å². The molecule has 4 nitrogen and oxygen atoms in total. The van der Waals surface area contributed by atoms with Gasteiger partial charge in [0.15, 0.2) is 0 Å². The van der Waals surface area contributed by atoms with Crippen molar-refractivity contribution in [1.82, 2.24) is 15.5 Å². The van der Waals surface area contributed by atoms with E-state index in [2.05, 4.69) is 17.6 Å². The summed E-state index contributed by atoms with van der Waals surface area (Å²) in [6, 6.07) is 0.876. The zero-order chi connectivity index (χ0) is 11.4. The second kappa shape index (κ2) is 5.53. The standard InChI is InChI=1S/C12H23N3O/c1-10-9-13-7-8-15(10)12(16)14-11-5-3-2-4-6-11/h10-11,13H,2-9H2,1H3,(H,14,16)/t10-/m1/s1. The number of nitrogens with zero attached hydrogens (tertiary/aromatic N) is 1. The van der Waals surface area contributed by atoms with E-state index >= 15 is 0 Å². The van der Waals surface area contributed by atoms with Gasteiger partial charge in [-0.1, -0.05) is 19.3 Å². The molecule has 2 N–H and O–H groups in total. The maximum absolute atomic E-state index is 12.1. The van der Waals surface area contributed by atoms with Gasteiger partial charge >= 0.3 is 6.03 Å². The highest BCUT2D eigenvalue weighted by Crippen LogP contribution is 2.17. The van der Waals surface area contributed by atoms with E-state index in [1.54, 1.807) is 0 Å². The molecule has 0 aromatic rings. The average Bonchev–Trinajstić information content (AvgIpc) is 2.31. The van der Waals surface area contributed by atoms with E-state index in [4.69, 9.17) is 0 Å². The summed E-state index contributed by atoms with van der Waals surface area (Å²) in [5, 5.41) is 6.48. The lowest BCUT2D eigenvalue weighted by Crippen LogP contribution is -2.56. The maximum Gasteiger partial charge on any atom is 0.317 e. The van der Waals surface area contributed by atoms with Gasteiger partial charge in [-0.25, -0.2) is 4.79 Å². The second-order valence-electron chi connectivity index (χ2n) is 5.03. The van der Waals surface area contributed by atoms with Crippen LogP contribution in [0.5, 0.6) is 0 Å². The maximum atomic E-state index is 12.1. The van der Waals surface area contributed by atoms with Crippen molar-refractivity contribution in [2.75, 3.05) is 19.6 Å². The summed E-state index contributed by atoms with van der Waals surface area (Å²) in [4.78, 5) is 14.0. The van der Waals surface area contributed by atoms with Gasteiger partial charge in [0.25, 0.3) is 0 Å². The van der Waals surface area contributed by atoms with Gasteiger partial charge in [0.1, 0.15) is 0 Å². The Morgan fingerprint density at radius 2 is 2.06 bits per heavy atom. The summed E-state index contributed by atoms with van der Waals surface area (Å²) in [7, 11) is 0. The lowest BCUT2D eigenvalue weighted by atomic mass is 9.96. The number of carbonyl (C=O) groups excluding carboxylic acids is 1. The quantitative estimate of drug-likeness (QED) is 0.707. The topological polar surface area (TPSA) is 44.4 Å². The Labute approximate surface area is 97.8 Å². The van der Waals surface area contributed by atoms with Crippen LogP contribution in [0, 0.1) is 0 Å². The number of hydrogen-bond acceptors (Lipinski definition) is 2. The Kier molecular flexibility index (Phi) is 4.04. The first-order chi connectivity index (χ1) is 7.77. The fraction of sp³-hybridized carbons (Fsp3) is 0.917. The molecule has 16 heavy (non-hydrogen) atoms. The predicted octanol–water partition coefficient (Wildman–Crippen LogP) is 1.32. The molecule has 0 aromatic heterocycles. The van der Waals surface area contributed by atoms with Gasteiger partial charge in [0.2, 0.25) is 0 Å². The van der Waals surface area contributed by atoms with Gasteiger partial charge < -0.3 is 15.5 Å². The molecule has 1 aliphatic heterocycles. The SMILES string of the molecule is C[C@@H]1CNCCN1C(=O)NC1CCCCC1. The fourth-order valence-corrected chi connectivity index (χ4v) is 2.65. The molecule has 1 atom stereocenters. The lowest BCUT2D eigenvalue weighted by molar-refractivity contribution is 0.158. The van der Waals surface area contributed by atoms with Crippen molar-refractivity contribution < 1.29 is 4.79 Å². The summed E-state index contributed by atoms with van der Waals surface area (Å²) in [6.45, 7) is 4.77. The highest BCUT2D eigenvalue weighted by atomic mass is 16.2. The minimum atomic E-state index is 0.140. The van der Waals surface area contributed by atoms with Crippen LogP contribution in [0.2, 0.25) is 0 Å². The van der Waals surface area contributed by atoms with E-state index in [1.165, 1.54) is 19.3 Å². The smallest absolute Gasteiger partial charge is 0.317 e.